The molecule has 0 saturated heterocycles. The molecule has 1 amide bonds. The second kappa shape index (κ2) is 12.0. The van der Waals surface area contributed by atoms with Gasteiger partial charge in [0.15, 0.2) is 0 Å². The highest BCUT2D eigenvalue weighted by Gasteiger charge is 2.18. The number of hydrogen-bond acceptors (Lipinski definition) is 2. The van der Waals surface area contributed by atoms with Crippen LogP contribution in [0.15, 0.2) is 0 Å². The Morgan fingerprint density at radius 2 is 1.53 bits per heavy atom. The zero-order chi connectivity index (χ0) is 14.5. The van der Waals surface area contributed by atoms with E-state index < -0.39 is 12.0 Å². The van der Waals surface area contributed by atoms with Gasteiger partial charge in [0.25, 0.3) is 0 Å². The molecule has 112 valence electrons. The molecule has 0 aliphatic rings. The fourth-order valence-electron chi connectivity index (χ4n) is 2.06. The highest BCUT2D eigenvalue weighted by molar-refractivity contribution is 5.83. The maximum Gasteiger partial charge on any atom is 0.326 e. The topological polar surface area (TPSA) is 66.4 Å². The molecule has 0 heterocycles. The van der Waals surface area contributed by atoms with Crippen molar-refractivity contribution < 1.29 is 14.7 Å². The summed E-state index contributed by atoms with van der Waals surface area (Å²) < 4.78 is 0. The highest BCUT2D eigenvalue weighted by Crippen LogP contribution is 2.10. The van der Waals surface area contributed by atoms with Gasteiger partial charge in [0.1, 0.15) is 6.04 Å². The minimum atomic E-state index is -0.921. The summed E-state index contributed by atoms with van der Waals surface area (Å²) in [7, 11) is 0. The summed E-state index contributed by atoms with van der Waals surface area (Å²) >= 11 is 0. The number of unbranched alkanes of at least 4 members (excludes halogenated alkanes) is 6. The van der Waals surface area contributed by atoms with Crippen LogP contribution in [0.1, 0.15) is 78.1 Å². The first-order valence-electron chi connectivity index (χ1n) is 7.64. The predicted molar refractivity (Wildman–Crippen MR) is 77.1 cm³/mol. The van der Waals surface area contributed by atoms with Crippen LogP contribution in [-0.2, 0) is 9.59 Å². The molecular weight excluding hydrogens is 242 g/mol. The molecule has 19 heavy (non-hydrogen) atoms. The lowest BCUT2D eigenvalue weighted by Crippen LogP contribution is -2.40. The molecule has 4 nitrogen and oxygen atoms in total. The third kappa shape index (κ3) is 10.5. The Morgan fingerprint density at radius 3 is 2.05 bits per heavy atom. The van der Waals surface area contributed by atoms with Crippen LogP contribution in [0.2, 0.25) is 0 Å². The number of aliphatic carboxylic acids is 1. The van der Waals surface area contributed by atoms with Crippen LogP contribution in [0.25, 0.3) is 0 Å². The number of hydrogen-bond donors (Lipinski definition) is 2. The first-order chi connectivity index (χ1) is 9.11. The molecule has 0 saturated carbocycles. The van der Waals surface area contributed by atoms with E-state index in [2.05, 4.69) is 12.2 Å². The Kier molecular flexibility index (Phi) is 11.3. The molecule has 0 spiro atoms. The Hall–Kier alpha value is -1.06. The normalized spacial score (nSPS) is 12.1. The minimum Gasteiger partial charge on any atom is -0.480 e. The number of rotatable bonds is 12. The molecule has 0 aliphatic carbocycles. The third-order valence-corrected chi connectivity index (χ3v) is 3.21. The quantitative estimate of drug-likeness (QED) is 0.534. The van der Waals surface area contributed by atoms with Gasteiger partial charge in [-0.3, -0.25) is 4.79 Å². The zero-order valence-electron chi connectivity index (χ0n) is 12.4. The molecule has 4 heteroatoms. The van der Waals surface area contributed by atoms with Crippen molar-refractivity contribution >= 4 is 11.9 Å². The van der Waals surface area contributed by atoms with Crippen molar-refractivity contribution in [2.75, 3.05) is 0 Å². The van der Waals surface area contributed by atoms with Gasteiger partial charge in [0.2, 0.25) is 5.91 Å². The van der Waals surface area contributed by atoms with E-state index in [9.17, 15) is 9.59 Å². The second-order valence-corrected chi connectivity index (χ2v) is 5.12. The van der Waals surface area contributed by atoms with Gasteiger partial charge < -0.3 is 10.4 Å². The fraction of sp³-hybridized carbons (Fsp3) is 0.867. The molecule has 0 aliphatic heterocycles. The molecule has 0 bridgehead atoms. The van der Waals surface area contributed by atoms with Crippen molar-refractivity contribution in [3.8, 4) is 0 Å². The molecule has 0 aromatic rings. The molecular formula is C15H29NO3. The Bertz CT molecular complexity index is 254. The molecule has 1 unspecified atom stereocenters. The summed E-state index contributed by atoms with van der Waals surface area (Å²) in [5.74, 6) is -1.08. The van der Waals surface area contributed by atoms with Gasteiger partial charge >= 0.3 is 5.97 Å². The first kappa shape index (κ1) is 17.9. The van der Waals surface area contributed by atoms with E-state index in [1.807, 2.05) is 6.92 Å². The van der Waals surface area contributed by atoms with Crippen LogP contribution in [0.4, 0.5) is 0 Å². The number of carboxylic acids is 1. The van der Waals surface area contributed by atoms with Crippen molar-refractivity contribution in [2.45, 2.75) is 84.1 Å². The molecule has 0 rings (SSSR count). The van der Waals surface area contributed by atoms with Crippen LogP contribution >= 0.6 is 0 Å². The number of carbonyl (C=O) groups excluding carboxylic acids is 1. The summed E-state index contributed by atoms with van der Waals surface area (Å²) in [5, 5.41) is 11.6. The van der Waals surface area contributed by atoms with E-state index in [4.69, 9.17) is 5.11 Å². The number of nitrogens with one attached hydrogen (secondary N) is 1. The SMILES string of the molecule is CCCCCCCCCC(NC(=O)CCC)C(=O)O. The van der Waals surface area contributed by atoms with Crippen molar-refractivity contribution in [1.29, 1.82) is 0 Å². The summed E-state index contributed by atoms with van der Waals surface area (Å²) in [6.07, 6.45) is 9.80. The molecule has 2 N–H and O–H groups in total. The van der Waals surface area contributed by atoms with Crippen molar-refractivity contribution in [1.82, 2.24) is 5.32 Å². The van der Waals surface area contributed by atoms with Gasteiger partial charge in [0, 0.05) is 6.42 Å². The number of carbonyl (C=O) groups is 2. The standard InChI is InChI=1S/C15H29NO3/c1-3-5-6-7-8-9-10-12-13(15(18)19)16-14(17)11-4-2/h13H,3-12H2,1-2H3,(H,16,17)(H,18,19). The van der Waals surface area contributed by atoms with Crippen LogP contribution in [0.5, 0.6) is 0 Å². The van der Waals surface area contributed by atoms with E-state index >= 15 is 0 Å². The summed E-state index contributed by atoms with van der Waals surface area (Å²) in [5.41, 5.74) is 0. The largest absolute Gasteiger partial charge is 0.480 e. The molecule has 0 radical (unpaired) electrons. The number of amides is 1. The molecule has 0 aromatic carbocycles. The summed E-state index contributed by atoms with van der Waals surface area (Å²) in [6.45, 7) is 4.10. The lowest BCUT2D eigenvalue weighted by Gasteiger charge is -2.14. The average Bonchev–Trinajstić information content (AvgIpc) is 2.36. The second-order valence-electron chi connectivity index (χ2n) is 5.12. The van der Waals surface area contributed by atoms with E-state index in [1.165, 1.54) is 25.7 Å². The minimum absolute atomic E-state index is 0.155. The molecule has 0 aromatic heterocycles. The monoisotopic (exact) mass is 271 g/mol. The zero-order valence-corrected chi connectivity index (χ0v) is 12.4. The van der Waals surface area contributed by atoms with E-state index in [-0.39, 0.29) is 5.91 Å². The van der Waals surface area contributed by atoms with E-state index in [0.29, 0.717) is 12.8 Å². The summed E-state index contributed by atoms with van der Waals surface area (Å²) in [4.78, 5) is 22.4. The first-order valence-corrected chi connectivity index (χ1v) is 7.64. The highest BCUT2D eigenvalue weighted by atomic mass is 16.4. The molecule has 0 fully saturated rings. The Labute approximate surface area is 117 Å². The van der Waals surface area contributed by atoms with Crippen molar-refractivity contribution in [3.63, 3.8) is 0 Å². The number of carboxylic acid groups (broad SMARTS) is 1. The van der Waals surface area contributed by atoms with E-state index in [1.54, 1.807) is 0 Å². The van der Waals surface area contributed by atoms with Crippen molar-refractivity contribution in [3.05, 3.63) is 0 Å². The maximum atomic E-state index is 11.4. The van der Waals surface area contributed by atoms with Crippen LogP contribution < -0.4 is 5.32 Å². The van der Waals surface area contributed by atoms with Crippen LogP contribution in [-0.4, -0.2) is 23.0 Å². The van der Waals surface area contributed by atoms with Gasteiger partial charge in [-0.2, -0.15) is 0 Å². The smallest absolute Gasteiger partial charge is 0.326 e. The van der Waals surface area contributed by atoms with Gasteiger partial charge in [-0.05, 0) is 12.8 Å². The van der Waals surface area contributed by atoms with Gasteiger partial charge in [0.05, 0.1) is 0 Å². The van der Waals surface area contributed by atoms with Crippen LogP contribution in [0.3, 0.4) is 0 Å². The maximum absolute atomic E-state index is 11.4. The van der Waals surface area contributed by atoms with Gasteiger partial charge in [-0.1, -0.05) is 58.8 Å². The lowest BCUT2D eigenvalue weighted by molar-refractivity contribution is -0.142. The summed E-state index contributed by atoms with van der Waals surface area (Å²) in [6, 6.07) is -0.713. The van der Waals surface area contributed by atoms with Crippen molar-refractivity contribution in [2.24, 2.45) is 0 Å². The average molecular weight is 271 g/mol. The Morgan fingerprint density at radius 1 is 0.947 bits per heavy atom. The predicted octanol–water partition coefficient (Wildman–Crippen LogP) is 3.50. The van der Waals surface area contributed by atoms with E-state index in [0.717, 1.165) is 25.7 Å². The lowest BCUT2D eigenvalue weighted by atomic mass is 10.0. The van der Waals surface area contributed by atoms with Crippen LogP contribution in [0, 0.1) is 0 Å². The molecule has 1 atom stereocenters. The van der Waals surface area contributed by atoms with Gasteiger partial charge in [-0.25, -0.2) is 4.79 Å². The third-order valence-electron chi connectivity index (χ3n) is 3.21. The van der Waals surface area contributed by atoms with Gasteiger partial charge in [-0.15, -0.1) is 0 Å². The Balaban J connectivity index is 3.71. The fourth-order valence-corrected chi connectivity index (χ4v) is 2.06.